The summed E-state index contributed by atoms with van der Waals surface area (Å²) in [5.74, 6) is -0.588. The van der Waals surface area contributed by atoms with Crippen LogP contribution in [0.3, 0.4) is 0 Å². The third-order valence-electron chi connectivity index (χ3n) is 2.52. The summed E-state index contributed by atoms with van der Waals surface area (Å²) in [5, 5.41) is 29.5. The largest absolute Gasteiger partial charge is 0.508 e. The van der Waals surface area contributed by atoms with E-state index in [2.05, 4.69) is 5.32 Å². The Morgan fingerprint density at radius 3 is 2.79 bits per heavy atom. The first-order valence-corrected chi connectivity index (χ1v) is 5.59. The highest BCUT2D eigenvalue weighted by molar-refractivity contribution is 6.01. The zero-order valence-electron chi connectivity index (χ0n) is 10.5. The van der Waals surface area contributed by atoms with Gasteiger partial charge in [-0.3, -0.25) is 4.79 Å². The third-order valence-corrected chi connectivity index (χ3v) is 2.52. The molecule has 0 bridgehead atoms. The Labute approximate surface area is 110 Å². The minimum Gasteiger partial charge on any atom is -0.508 e. The number of hydrogen-bond donors (Lipinski definition) is 4. The van der Waals surface area contributed by atoms with Crippen molar-refractivity contribution in [2.24, 2.45) is 0 Å². The molecule has 5 N–H and O–H groups in total. The Balaban J connectivity index is 3.05. The quantitative estimate of drug-likeness (QED) is 0.353. The van der Waals surface area contributed by atoms with Crippen LogP contribution in [0.15, 0.2) is 17.7 Å². The molecule has 0 unspecified atom stereocenters. The molecule has 0 atom stereocenters. The van der Waals surface area contributed by atoms with E-state index in [9.17, 15) is 9.90 Å². The lowest BCUT2D eigenvalue weighted by molar-refractivity contribution is -0.117. The van der Waals surface area contributed by atoms with Crippen molar-refractivity contribution >= 4 is 17.7 Å². The van der Waals surface area contributed by atoms with Crippen molar-refractivity contribution in [2.75, 3.05) is 18.9 Å². The summed E-state index contributed by atoms with van der Waals surface area (Å²) in [7, 11) is 0. The molecule has 0 spiro atoms. The molecule has 0 radical (unpaired) electrons. The highest BCUT2D eigenvalue weighted by atomic mass is 16.3. The molecule has 0 aromatic heterocycles. The number of amides is 1. The molecule has 6 nitrogen and oxygen atoms in total. The Morgan fingerprint density at radius 2 is 2.26 bits per heavy atom. The predicted octanol–water partition coefficient (Wildman–Crippen LogP) is 0.298. The first-order chi connectivity index (χ1) is 8.99. The van der Waals surface area contributed by atoms with Crippen LogP contribution in [0.25, 0.3) is 6.08 Å². The molecule has 0 aliphatic carbocycles. The van der Waals surface area contributed by atoms with Gasteiger partial charge in [0.2, 0.25) is 0 Å². The van der Waals surface area contributed by atoms with Gasteiger partial charge in [0, 0.05) is 17.8 Å². The number of nitrogens with two attached hydrogens (primary N) is 1. The number of carbonyl (C=O) groups excluding carboxylic acids is 1. The lowest BCUT2D eigenvalue weighted by Gasteiger charge is -2.06. The Hall–Kier alpha value is -2.52. The van der Waals surface area contributed by atoms with Crippen LogP contribution in [0.1, 0.15) is 11.1 Å². The number of phenols is 1. The van der Waals surface area contributed by atoms with Gasteiger partial charge in [-0.25, -0.2) is 0 Å². The molecule has 1 aromatic carbocycles. The fourth-order valence-electron chi connectivity index (χ4n) is 1.41. The maximum absolute atomic E-state index is 11.6. The maximum atomic E-state index is 11.6. The summed E-state index contributed by atoms with van der Waals surface area (Å²) in [6.07, 6.45) is 1.32. The maximum Gasteiger partial charge on any atom is 0.262 e. The number of aromatic hydroxyl groups is 1. The van der Waals surface area contributed by atoms with Crippen LogP contribution in [0.5, 0.6) is 5.75 Å². The molecule has 100 valence electrons. The number of aliphatic hydroxyl groups excluding tert-OH is 1. The van der Waals surface area contributed by atoms with Gasteiger partial charge < -0.3 is 21.3 Å². The van der Waals surface area contributed by atoms with E-state index >= 15 is 0 Å². The number of nitriles is 1. The monoisotopic (exact) mass is 261 g/mol. The zero-order chi connectivity index (χ0) is 14.4. The fourth-order valence-corrected chi connectivity index (χ4v) is 1.41. The molecule has 0 fully saturated rings. The summed E-state index contributed by atoms with van der Waals surface area (Å²) in [5.41, 5.74) is 6.93. The van der Waals surface area contributed by atoms with Gasteiger partial charge in [0.1, 0.15) is 17.4 Å². The van der Waals surface area contributed by atoms with Gasteiger partial charge in [-0.1, -0.05) is 0 Å². The topological polar surface area (TPSA) is 119 Å². The van der Waals surface area contributed by atoms with Crippen molar-refractivity contribution in [1.29, 1.82) is 5.26 Å². The zero-order valence-corrected chi connectivity index (χ0v) is 10.5. The minimum atomic E-state index is -0.588. The lowest BCUT2D eigenvalue weighted by atomic mass is 10.1. The van der Waals surface area contributed by atoms with E-state index in [-0.39, 0.29) is 24.5 Å². The van der Waals surface area contributed by atoms with E-state index in [1.54, 1.807) is 19.1 Å². The van der Waals surface area contributed by atoms with Gasteiger partial charge in [0.05, 0.1) is 6.61 Å². The van der Waals surface area contributed by atoms with E-state index < -0.39 is 5.91 Å². The van der Waals surface area contributed by atoms with Crippen molar-refractivity contribution in [3.8, 4) is 11.8 Å². The van der Waals surface area contributed by atoms with Gasteiger partial charge in [-0.2, -0.15) is 5.26 Å². The molecule has 19 heavy (non-hydrogen) atoms. The van der Waals surface area contributed by atoms with Gasteiger partial charge in [0.25, 0.3) is 5.91 Å². The van der Waals surface area contributed by atoms with Crippen molar-refractivity contribution in [3.63, 3.8) is 0 Å². The molecular formula is C13H15N3O3. The summed E-state index contributed by atoms with van der Waals surface area (Å²) in [4.78, 5) is 11.6. The third kappa shape index (κ3) is 3.72. The SMILES string of the molecule is Cc1c(N)cc(/C=C(\C#N)C(=O)NCCO)cc1O. The summed E-state index contributed by atoms with van der Waals surface area (Å²) >= 11 is 0. The van der Waals surface area contributed by atoms with E-state index in [0.29, 0.717) is 16.8 Å². The Kier molecular flexibility index (Phi) is 4.92. The number of anilines is 1. The highest BCUT2D eigenvalue weighted by Crippen LogP contribution is 2.25. The first kappa shape index (κ1) is 14.5. The number of rotatable bonds is 4. The molecular weight excluding hydrogens is 246 g/mol. The molecule has 1 amide bonds. The number of nitrogen functional groups attached to an aromatic ring is 1. The van der Waals surface area contributed by atoms with Crippen LogP contribution < -0.4 is 11.1 Å². The number of benzene rings is 1. The number of nitrogens with zero attached hydrogens (tertiary/aromatic N) is 1. The van der Waals surface area contributed by atoms with Gasteiger partial charge in [-0.15, -0.1) is 0 Å². The molecule has 1 aromatic rings. The van der Waals surface area contributed by atoms with E-state index in [1.807, 2.05) is 0 Å². The minimum absolute atomic E-state index is 0.000642. The second kappa shape index (κ2) is 6.42. The van der Waals surface area contributed by atoms with Crippen LogP contribution in [0, 0.1) is 18.3 Å². The molecule has 0 heterocycles. The highest BCUT2D eigenvalue weighted by Gasteiger charge is 2.09. The van der Waals surface area contributed by atoms with Gasteiger partial charge >= 0.3 is 0 Å². The molecule has 0 saturated heterocycles. The summed E-state index contributed by atoms with van der Waals surface area (Å²) in [6, 6.07) is 4.74. The number of aliphatic hydroxyl groups is 1. The number of hydrogen-bond acceptors (Lipinski definition) is 5. The summed E-state index contributed by atoms with van der Waals surface area (Å²) in [6.45, 7) is 1.53. The standard InChI is InChI=1S/C13H15N3O3/c1-8-11(15)5-9(6-12(8)18)4-10(7-14)13(19)16-2-3-17/h4-6,17-18H,2-3,15H2,1H3,(H,16,19)/b10-4+. The second-order valence-electron chi connectivity index (χ2n) is 3.90. The average molecular weight is 261 g/mol. The molecule has 0 aliphatic rings. The van der Waals surface area contributed by atoms with Crippen molar-refractivity contribution in [2.45, 2.75) is 6.92 Å². The lowest BCUT2D eigenvalue weighted by Crippen LogP contribution is -2.27. The molecule has 0 aliphatic heterocycles. The summed E-state index contributed by atoms with van der Waals surface area (Å²) < 4.78 is 0. The Bertz CT molecular complexity index is 536. The molecule has 0 saturated carbocycles. The fraction of sp³-hybridized carbons (Fsp3) is 0.231. The smallest absolute Gasteiger partial charge is 0.262 e. The second-order valence-corrected chi connectivity index (χ2v) is 3.90. The van der Waals surface area contributed by atoms with Crippen molar-refractivity contribution in [1.82, 2.24) is 5.32 Å². The first-order valence-electron chi connectivity index (χ1n) is 5.59. The van der Waals surface area contributed by atoms with E-state index in [4.69, 9.17) is 16.1 Å². The van der Waals surface area contributed by atoms with Gasteiger partial charge in [0.15, 0.2) is 0 Å². The van der Waals surface area contributed by atoms with Crippen LogP contribution in [-0.4, -0.2) is 29.3 Å². The number of phenolic OH excluding ortho intramolecular Hbond substituents is 1. The van der Waals surface area contributed by atoms with Crippen LogP contribution >= 0.6 is 0 Å². The predicted molar refractivity (Wildman–Crippen MR) is 70.9 cm³/mol. The number of carbonyl (C=O) groups is 1. The normalized spacial score (nSPS) is 10.9. The van der Waals surface area contributed by atoms with Gasteiger partial charge in [-0.05, 0) is 30.7 Å². The van der Waals surface area contributed by atoms with Crippen molar-refractivity contribution in [3.05, 3.63) is 28.8 Å². The van der Waals surface area contributed by atoms with E-state index in [0.717, 1.165) is 0 Å². The van der Waals surface area contributed by atoms with Crippen LogP contribution in [-0.2, 0) is 4.79 Å². The van der Waals surface area contributed by atoms with Crippen LogP contribution in [0.2, 0.25) is 0 Å². The van der Waals surface area contributed by atoms with Crippen LogP contribution in [0.4, 0.5) is 5.69 Å². The number of nitrogens with one attached hydrogen (secondary N) is 1. The molecule has 1 rings (SSSR count). The molecule has 6 heteroatoms. The average Bonchev–Trinajstić information content (AvgIpc) is 2.39. The Morgan fingerprint density at radius 1 is 1.58 bits per heavy atom. The van der Waals surface area contributed by atoms with Crippen molar-refractivity contribution < 1.29 is 15.0 Å². The van der Waals surface area contributed by atoms with E-state index in [1.165, 1.54) is 12.1 Å².